The van der Waals surface area contributed by atoms with E-state index in [0.29, 0.717) is 10.8 Å². The molecule has 1 aromatic heterocycles. The summed E-state index contributed by atoms with van der Waals surface area (Å²) in [5.41, 5.74) is 0. The lowest BCUT2D eigenvalue weighted by Gasteiger charge is -2.10. The normalized spacial score (nSPS) is 12.0. The maximum atomic E-state index is 12.0. The zero-order valence-electron chi connectivity index (χ0n) is 7.06. The fraction of sp³-hybridized carbons (Fsp3) is 0.111. The minimum atomic E-state index is -4.73. The van der Waals surface area contributed by atoms with Gasteiger partial charge in [0.1, 0.15) is 5.75 Å². The van der Waals surface area contributed by atoms with Crippen LogP contribution in [0, 0.1) is 5.38 Å². The minimum Gasteiger partial charge on any atom is -0.404 e. The van der Waals surface area contributed by atoms with E-state index in [-0.39, 0.29) is 10.8 Å². The Morgan fingerprint density at radius 2 is 2.07 bits per heavy atom. The molecule has 0 amide bonds. The van der Waals surface area contributed by atoms with Crippen LogP contribution < -0.4 is 4.74 Å². The van der Waals surface area contributed by atoms with Crippen LogP contribution in [-0.4, -0.2) is 6.36 Å². The Kier molecular flexibility index (Phi) is 2.52. The Labute approximate surface area is 92.0 Å². The van der Waals surface area contributed by atoms with Gasteiger partial charge in [0.2, 0.25) is 0 Å². The molecular weight excluding hydrogens is 249 g/mol. The first-order valence-corrected chi connectivity index (χ1v) is 5.06. The van der Waals surface area contributed by atoms with Crippen molar-refractivity contribution >= 4 is 33.7 Å². The highest BCUT2D eigenvalue weighted by Gasteiger charge is 2.32. The summed E-state index contributed by atoms with van der Waals surface area (Å²) in [6, 6.07) is 2.67. The van der Waals surface area contributed by atoms with Crippen LogP contribution in [0.5, 0.6) is 5.75 Å². The van der Waals surface area contributed by atoms with Gasteiger partial charge in [-0.05, 0) is 12.1 Å². The molecule has 0 fully saturated rings. The summed E-state index contributed by atoms with van der Waals surface area (Å²) in [7, 11) is 0. The standard InChI is InChI=1S/C9H3ClF3OS/c10-8-6-4-15-3-5(6)1-2-7(8)14-9(11,12)13/h1-2,4H. The Morgan fingerprint density at radius 3 is 2.73 bits per heavy atom. The lowest BCUT2D eigenvalue weighted by atomic mass is 10.2. The van der Waals surface area contributed by atoms with E-state index >= 15 is 0 Å². The predicted octanol–water partition coefficient (Wildman–Crippen LogP) is 4.25. The Bertz CT molecular complexity index is 492. The second-order valence-electron chi connectivity index (χ2n) is 2.72. The van der Waals surface area contributed by atoms with E-state index in [9.17, 15) is 13.2 Å². The smallest absolute Gasteiger partial charge is 0.404 e. The zero-order valence-corrected chi connectivity index (χ0v) is 8.63. The first kappa shape index (κ1) is 10.6. The van der Waals surface area contributed by atoms with Crippen molar-refractivity contribution in [3.8, 4) is 5.75 Å². The average molecular weight is 252 g/mol. The third-order valence-corrected chi connectivity index (χ3v) is 2.80. The fourth-order valence-electron chi connectivity index (χ4n) is 1.13. The highest BCUT2D eigenvalue weighted by Crippen LogP contribution is 2.36. The van der Waals surface area contributed by atoms with Crippen LogP contribution in [0.25, 0.3) is 10.8 Å². The summed E-state index contributed by atoms with van der Waals surface area (Å²) in [6.07, 6.45) is -4.73. The zero-order chi connectivity index (χ0) is 11.1. The van der Waals surface area contributed by atoms with Crippen LogP contribution in [0.2, 0.25) is 5.02 Å². The molecular formula is C9H3ClF3OS. The van der Waals surface area contributed by atoms with Crippen LogP contribution in [0.4, 0.5) is 13.2 Å². The van der Waals surface area contributed by atoms with Crippen molar-refractivity contribution < 1.29 is 17.9 Å². The van der Waals surface area contributed by atoms with Crippen molar-refractivity contribution in [2.45, 2.75) is 6.36 Å². The highest BCUT2D eigenvalue weighted by molar-refractivity contribution is 7.09. The number of halogens is 4. The van der Waals surface area contributed by atoms with E-state index in [2.05, 4.69) is 10.1 Å². The number of ether oxygens (including phenoxy) is 1. The van der Waals surface area contributed by atoms with E-state index in [0.717, 1.165) is 0 Å². The van der Waals surface area contributed by atoms with Gasteiger partial charge in [-0.1, -0.05) is 11.6 Å². The van der Waals surface area contributed by atoms with E-state index in [1.165, 1.54) is 23.5 Å². The highest BCUT2D eigenvalue weighted by atomic mass is 35.5. The second kappa shape index (κ2) is 3.57. The molecule has 0 N–H and O–H groups in total. The summed E-state index contributed by atoms with van der Waals surface area (Å²) in [5, 5.41) is 5.65. The molecule has 2 aromatic rings. The Hall–Kier alpha value is -0.940. The van der Waals surface area contributed by atoms with Gasteiger partial charge >= 0.3 is 6.36 Å². The van der Waals surface area contributed by atoms with Crippen LogP contribution in [0.15, 0.2) is 17.5 Å². The maximum Gasteiger partial charge on any atom is 0.573 e. The molecule has 1 radical (unpaired) electrons. The Morgan fingerprint density at radius 1 is 1.33 bits per heavy atom. The van der Waals surface area contributed by atoms with Gasteiger partial charge in [0, 0.05) is 16.2 Å². The summed E-state index contributed by atoms with van der Waals surface area (Å²) >= 11 is 7.00. The summed E-state index contributed by atoms with van der Waals surface area (Å²) in [5.74, 6) is -0.386. The van der Waals surface area contributed by atoms with Crippen molar-refractivity contribution in [2.24, 2.45) is 0 Å². The van der Waals surface area contributed by atoms with Gasteiger partial charge in [0.05, 0.1) is 10.4 Å². The molecule has 0 saturated heterocycles. The molecule has 15 heavy (non-hydrogen) atoms. The minimum absolute atomic E-state index is 0.0395. The van der Waals surface area contributed by atoms with Crippen molar-refractivity contribution in [1.82, 2.24) is 0 Å². The first-order chi connectivity index (χ1) is 6.97. The second-order valence-corrected chi connectivity index (χ2v) is 3.78. The van der Waals surface area contributed by atoms with Gasteiger partial charge in [-0.25, -0.2) is 0 Å². The number of hydrogen-bond donors (Lipinski definition) is 0. The van der Waals surface area contributed by atoms with Crippen molar-refractivity contribution in [3.63, 3.8) is 0 Å². The van der Waals surface area contributed by atoms with Gasteiger partial charge in [-0.3, -0.25) is 0 Å². The van der Waals surface area contributed by atoms with Gasteiger partial charge in [-0.2, -0.15) is 0 Å². The number of alkyl halides is 3. The molecule has 0 atom stereocenters. The summed E-state index contributed by atoms with van der Waals surface area (Å²) in [6.45, 7) is 0. The summed E-state index contributed by atoms with van der Waals surface area (Å²) < 4.78 is 39.7. The van der Waals surface area contributed by atoms with Gasteiger partial charge in [0.15, 0.2) is 0 Å². The lowest BCUT2D eigenvalue weighted by molar-refractivity contribution is -0.274. The number of hydrogen-bond acceptors (Lipinski definition) is 2. The van der Waals surface area contributed by atoms with E-state index in [4.69, 9.17) is 11.6 Å². The van der Waals surface area contributed by atoms with Crippen molar-refractivity contribution in [3.05, 3.63) is 27.9 Å². The van der Waals surface area contributed by atoms with Gasteiger partial charge in [0.25, 0.3) is 0 Å². The van der Waals surface area contributed by atoms with Crippen LogP contribution in [-0.2, 0) is 0 Å². The topological polar surface area (TPSA) is 9.23 Å². The molecule has 0 aliphatic heterocycles. The monoisotopic (exact) mass is 251 g/mol. The fourth-order valence-corrected chi connectivity index (χ4v) is 2.18. The third kappa shape index (κ3) is 2.18. The number of fused-ring (bicyclic) bond motifs is 1. The molecule has 0 aliphatic rings. The molecule has 0 unspecified atom stereocenters. The summed E-state index contributed by atoms with van der Waals surface area (Å²) in [4.78, 5) is 0. The van der Waals surface area contributed by atoms with E-state index in [1.807, 2.05) is 0 Å². The van der Waals surface area contributed by atoms with Gasteiger partial charge in [-0.15, -0.1) is 24.5 Å². The molecule has 79 valence electrons. The number of benzene rings is 1. The van der Waals surface area contributed by atoms with Crippen LogP contribution >= 0.6 is 22.9 Å². The molecule has 2 rings (SSSR count). The largest absolute Gasteiger partial charge is 0.573 e. The molecule has 0 saturated carbocycles. The molecule has 1 heterocycles. The van der Waals surface area contributed by atoms with Gasteiger partial charge < -0.3 is 4.74 Å². The molecule has 6 heteroatoms. The molecule has 0 spiro atoms. The molecule has 0 aliphatic carbocycles. The van der Waals surface area contributed by atoms with Crippen molar-refractivity contribution in [1.29, 1.82) is 0 Å². The SMILES string of the molecule is FC(F)(F)Oc1ccc2[c]scc2c1Cl. The predicted molar refractivity (Wildman–Crippen MR) is 52.4 cm³/mol. The van der Waals surface area contributed by atoms with Crippen LogP contribution in [0.3, 0.4) is 0 Å². The molecule has 1 aromatic carbocycles. The molecule has 1 nitrogen and oxygen atoms in total. The number of rotatable bonds is 1. The maximum absolute atomic E-state index is 12.0. The molecule has 0 bridgehead atoms. The van der Waals surface area contributed by atoms with Crippen LogP contribution in [0.1, 0.15) is 0 Å². The van der Waals surface area contributed by atoms with E-state index in [1.54, 1.807) is 5.38 Å². The average Bonchev–Trinajstić information content (AvgIpc) is 2.56. The lowest BCUT2D eigenvalue weighted by Crippen LogP contribution is -2.17. The third-order valence-electron chi connectivity index (χ3n) is 1.72. The quantitative estimate of drug-likeness (QED) is 0.736. The Balaban J connectivity index is 2.48. The number of thiophene rings is 1. The van der Waals surface area contributed by atoms with Crippen molar-refractivity contribution in [2.75, 3.05) is 0 Å². The van der Waals surface area contributed by atoms with E-state index < -0.39 is 6.36 Å². The first-order valence-electron chi connectivity index (χ1n) is 3.80.